The van der Waals surface area contributed by atoms with Gasteiger partial charge in [-0.2, -0.15) is 4.89 Å². The molecule has 1 heterocycles. The van der Waals surface area contributed by atoms with E-state index in [1.54, 1.807) is 0 Å². The zero-order valence-corrected chi connectivity index (χ0v) is 10.5. The molecule has 90 valence electrons. The summed E-state index contributed by atoms with van der Waals surface area (Å²) < 4.78 is 0. The van der Waals surface area contributed by atoms with E-state index in [1.807, 2.05) is 0 Å². The van der Waals surface area contributed by atoms with Crippen molar-refractivity contribution < 1.29 is 9.78 Å². The van der Waals surface area contributed by atoms with Gasteiger partial charge in [-0.25, -0.2) is 0 Å². The number of rotatable bonds is 4. The maximum Gasteiger partial charge on any atom is 0.171 e. The largest absolute Gasteiger partial charge is 0.337 e. The molecule has 0 aromatic heterocycles. The summed E-state index contributed by atoms with van der Waals surface area (Å²) >= 11 is 0. The monoisotopic (exact) mass is 243 g/mol. The fraction of sp³-hybridized carbons (Fsp3) is 0.500. The first kappa shape index (κ1) is 13.3. The molecule has 0 saturated carbocycles. The van der Waals surface area contributed by atoms with E-state index in [0.29, 0.717) is 12.6 Å². The van der Waals surface area contributed by atoms with Gasteiger partial charge in [0.15, 0.2) is 5.75 Å². The molecule has 0 bridgehead atoms. The van der Waals surface area contributed by atoms with Crippen LogP contribution in [-0.2, 0) is 17.9 Å². The van der Waals surface area contributed by atoms with Gasteiger partial charge in [-0.15, -0.1) is 12.4 Å². The normalized spacial score (nSPS) is 14.9. The Morgan fingerprint density at radius 1 is 1.44 bits per heavy atom. The van der Waals surface area contributed by atoms with E-state index in [2.05, 4.69) is 37.4 Å². The minimum Gasteiger partial charge on any atom is -0.337 e. The van der Waals surface area contributed by atoms with Crippen molar-refractivity contribution in [1.29, 1.82) is 0 Å². The van der Waals surface area contributed by atoms with Crippen molar-refractivity contribution in [3.05, 3.63) is 29.3 Å². The Morgan fingerprint density at radius 2 is 2.25 bits per heavy atom. The maximum absolute atomic E-state index is 5.06. The molecule has 1 N–H and O–H groups in total. The molecule has 4 heteroatoms. The minimum absolute atomic E-state index is 0. The Labute approximate surface area is 102 Å². The van der Waals surface area contributed by atoms with E-state index in [4.69, 9.17) is 9.78 Å². The summed E-state index contributed by atoms with van der Waals surface area (Å²) in [5.74, 6) is 0.871. The predicted octanol–water partition coefficient (Wildman–Crippen LogP) is 2.47. The summed E-state index contributed by atoms with van der Waals surface area (Å²) in [4.78, 5) is 9.97. The van der Waals surface area contributed by atoms with Crippen LogP contribution < -0.4 is 10.2 Å². The van der Waals surface area contributed by atoms with Crippen LogP contribution in [0, 0.1) is 0 Å². The number of halogens is 1. The third kappa shape index (κ3) is 3.11. The van der Waals surface area contributed by atoms with Crippen LogP contribution in [0.25, 0.3) is 0 Å². The van der Waals surface area contributed by atoms with Crippen LogP contribution in [0.1, 0.15) is 25.0 Å². The first-order valence-electron chi connectivity index (χ1n) is 5.44. The van der Waals surface area contributed by atoms with Crippen molar-refractivity contribution in [2.45, 2.75) is 32.9 Å². The smallest absolute Gasteiger partial charge is 0.171 e. The van der Waals surface area contributed by atoms with E-state index in [0.717, 1.165) is 24.3 Å². The lowest BCUT2D eigenvalue weighted by molar-refractivity contribution is -0.194. The van der Waals surface area contributed by atoms with E-state index in [9.17, 15) is 0 Å². The molecule has 1 aliphatic heterocycles. The molecule has 0 saturated heterocycles. The molecule has 0 amide bonds. The van der Waals surface area contributed by atoms with Gasteiger partial charge in [0.05, 0.1) is 0 Å². The highest BCUT2D eigenvalue weighted by Crippen LogP contribution is 2.27. The summed E-state index contributed by atoms with van der Waals surface area (Å²) in [7, 11) is 0. The topological polar surface area (TPSA) is 30.5 Å². The Morgan fingerprint density at radius 3 is 3.00 bits per heavy atom. The molecule has 1 unspecified atom stereocenters. The number of likely N-dealkylation sites (N-methyl/N-ethyl adjacent to an activating group) is 1. The number of fused-ring (bicyclic) bond motifs is 1. The van der Waals surface area contributed by atoms with E-state index < -0.39 is 0 Å². The number of nitrogens with one attached hydrogen (secondary N) is 1. The molecular formula is C12H18ClNO2. The van der Waals surface area contributed by atoms with Gasteiger partial charge in [0.1, 0.15) is 6.61 Å². The van der Waals surface area contributed by atoms with Crippen LogP contribution in [0.5, 0.6) is 5.75 Å². The Bertz CT molecular complexity index is 344. The van der Waals surface area contributed by atoms with Crippen LogP contribution in [0.15, 0.2) is 18.2 Å². The summed E-state index contributed by atoms with van der Waals surface area (Å²) in [5.41, 5.74) is 2.42. The number of hydrogen-bond donors (Lipinski definition) is 1. The first-order valence-corrected chi connectivity index (χ1v) is 5.44. The van der Waals surface area contributed by atoms with Gasteiger partial charge in [0.2, 0.25) is 0 Å². The number of hydrogen-bond acceptors (Lipinski definition) is 3. The van der Waals surface area contributed by atoms with Crippen molar-refractivity contribution in [2.24, 2.45) is 0 Å². The third-order valence-corrected chi connectivity index (χ3v) is 2.59. The summed E-state index contributed by atoms with van der Waals surface area (Å²) in [6.45, 7) is 5.88. The van der Waals surface area contributed by atoms with Gasteiger partial charge in [-0.3, -0.25) is 0 Å². The molecule has 0 spiro atoms. The first-order chi connectivity index (χ1) is 7.29. The summed E-state index contributed by atoms with van der Waals surface area (Å²) in [6, 6.07) is 6.78. The average molecular weight is 244 g/mol. The molecule has 3 nitrogen and oxygen atoms in total. The van der Waals surface area contributed by atoms with Crippen LogP contribution in [0.4, 0.5) is 0 Å². The third-order valence-electron chi connectivity index (χ3n) is 2.59. The lowest BCUT2D eigenvalue weighted by Gasteiger charge is -2.12. The molecule has 1 aliphatic rings. The molecular weight excluding hydrogens is 226 g/mol. The van der Waals surface area contributed by atoms with Crippen molar-refractivity contribution in [3.8, 4) is 5.75 Å². The van der Waals surface area contributed by atoms with Crippen LogP contribution in [-0.4, -0.2) is 12.6 Å². The van der Waals surface area contributed by atoms with Crippen LogP contribution >= 0.6 is 12.4 Å². The van der Waals surface area contributed by atoms with E-state index >= 15 is 0 Å². The molecule has 0 radical (unpaired) electrons. The second-order valence-electron chi connectivity index (χ2n) is 3.95. The van der Waals surface area contributed by atoms with Gasteiger partial charge in [-0.1, -0.05) is 19.1 Å². The lowest BCUT2D eigenvalue weighted by Crippen LogP contribution is -2.27. The number of benzene rings is 1. The maximum atomic E-state index is 5.06. The fourth-order valence-electron chi connectivity index (χ4n) is 1.85. The lowest BCUT2D eigenvalue weighted by atomic mass is 10.0. The van der Waals surface area contributed by atoms with Gasteiger partial charge in [0.25, 0.3) is 0 Å². The fourth-order valence-corrected chi connectivity index (χ4v) is 1.85. The Balaban J connectivity index is 0.00000128. The van der Waals surface area contributed by atoms with Crippen molar-refractivity contribution in [1.82, 2.24) is 5.32 Å². The molecule has 1 aromatic rings. The quantitative estimate of drug-likeness (QED) is 0.825. The SMILES string of the molecule is CCNC(C)Cc1ccc2c(c1)OOC2.Cl. The van der Waals surface area contributed by atoms with E-state index in [1.165, 1.54) is 5.56 Å². The Kier molecular flexibility index (Phi) is 5.06. The van der Waals surface area contributed by atoms with E-state index in [-0.39, 0.29) is 12.4 Å². The molecule has 1 atom stereocenters. The van der Waals surface area contributed by atoms with Crippen molar-refractivity contribution in [3.63, 3.8) is 0 Å². The van der Waals surface area contributed by atoms with Gasteiger partial charge in [-0.05, 0) is 31.5 Å². The average Bonchev–Trinajstić information content (AvgIpc) is 2.65. The van der Waals surface area contributed by atoms with Crippen LogP contribution in [0.3, 0.4) is 0 Å². The summed E-state index contributed by atoms with van der Waals surface area (Å²) in [5, 5.41) is 3.39. The highest BCUT2D eigenvalue weighted by Gasteiger charge is 2.14. The van der Waals surface area contributed by atoms with Gasteiger partial charge in [0, 0.05) is 11.6 Å². The second kappa shape index (κ2) is 6.09. The highest BCUT2D eigenvalue weighted by molar-refractivity contribution is 5.85. The molecule has 0 aliphatic carbocycles. The zero-order chi connectivity index (χ0) is 10.7. The van der Waals surface area contributed by atoms with Gasteiger partial charge >= 0.3 is 0 Å². The van der Waals surface area contributed by atoms with Crippen molar-refractivity contribution in [2.75, 3.05) is 6.54 Å². The molecule has 1 aromatic carbocycles. The zero-order valence-electron chi connectivity index (χ0n) is 9.66. The van der Waals surface area contributed by atoms with Gasteiger partial charge < -0.3 is 10.2 Å². The van der Waals surface area contributed by atoms with Crippen molar-refractivity contribution >= 4 is 12.4 Å². The highest BCUT2D eigenvalue weighted by atomic mass is 35.5. The standard InChI is InChI=1S/C12H17NO2.ClH/c1-3-13-9(2)6-10-4-5-11-8-14-15-12(11)7-10;/h4-5,7,9,13H,3,6,8H2,1-2H3;1H. The minimum atomic E-state index is 0. The van der Waals surface area contributed by atoms with Crippen LogP contribution in [0.2, 0.25) is 0 Å². The summed E-state index contributed by atoms with van der Waals surface area (Å²) in [6.07, 6.45) is 1.02. The molecule has 0 fully saturated rings. The molecule has 2 rings (SSSR count). The Hall–Kier alpha value is -0.770. The molecule has 16 heavy (non-hydrogen) atoms. The second-order valence-corrected chi connectivity index (χ2v) is 3.95. The predicted molar refractivity (Wildman–Crippen MR) is 65.9 cm³/mol.